The van der Waals surface area contributed by atoms with Crippen molar-refractivity contribution in [3.8, 4) is 22.6 Å². The molecule has 0 aliphatic heterocycles. The second kappa shape index (κ2) is 6.59. The smallest absolute Gasteiger partial charge is 0.387 e. The van der Waals surface area contributed by atoms with E-state index < -0.39 is 47.5 Å². The number of ether oxygens (including phenoxy) is 2. The van der Waals surface area contributed by atoms with Gasteiger partial charge in [0.2, 0.25) is 0 Å². The van der Waals surface area contributed by atoms with Crippen LogP contribution in [0.2, 0.25) is 0 Å². The minimum absolute atomic E-state index is 0.447. The number of halogens is 6. The van der Waals surface area contributed by atoms with Crippen LogP contribution in [-0.2, 0) is 0 Å². The Hall–Kier alpha value is -2.38. The summed E-state index contributed by atoms with van der Waals surface area (Å²) in [5, 5.41) is 0. The van der Waals surface area contributed by atoms with Crippen molar-refractivity contribution in [2.45, 2.75) is 13.2 Å². The third-order valence-electron chi connectivity index (χ3n) is 2.62. The first-order valence-electron chi connectivity index (χ1n) is 5.86. The van der Waals surface area contributed by atoms with Crippen LogP contribution in [0.15, 0.2) is 36.4 Å². The molecule has 0 fully saturated rings. The van der Waals surface area contributed by atoms with Crippen molar-refractivity contribution in [2.75, 3.05) is 0 Å². The summed E-state index contributed by atoms with van der Waals surface area (Å²) in [6, 6.07) is 5.43. The first-order valence-corrected chi connectivity index (χ1v) is 5.86. The van der Waals surface area contributed by atoms with E-state index in [1.807, 2.05) is 0 Å². The summed E-state index contributed by atoms with van der Waals surface area (Å²) in [7, 11) is 0. The molecule has 0 heterocycles. The monoisotopic (exact) mass is 322 g/mol. The second-order valence-electron chi connectivity index (χ2n) is 4.01. The second-order valence-corrected chi connectivity index (χ2v) is 4.01. The fourth-order valence-electron chi connectivity index (χ4n) is 1.83. The van der Waals surface area contributed by atoms with Gasteiger partial charge in [-0.05, 0) is 30.3 Å². The topological polar surface area (TPSA) is 18.5 Å². The van der Waals surface area contributed by atoms with Crippen LogP contribution in [0, 0.1) is 11.6 Å². The molecule has 0 aromatic heterocycles. The molecule has 0 bridgehead atoms. The van der Waals surface area contributed by atoms with Gasteiger partial charge in [-0.3, -0.25) is 0 Å². The van der Waals surface area contributed by atoms with Crippen molar-refractivity contribution in [1.82, 2.24) is 0 Å². The van der Waals surface area contributed by atoms with Crippen molar-refractivity contribution < 1.29 is 35.8 Å². The van der Waals surface area contributed by atoms with Gasteiger partial charge in [-0.15, -0.1) is 0 Å². The van der Waals surface area contributed by atoms with Crippen molar-refractivity contribution in [2.24, 2.45) is 0 Å². The van der Waals surface area contributed by atoms with E-state index in [1.54, 1.807) is 0 Å². The van der Waals surface area contributed by atoms with Crippen molar-refractivity contribution in [3.05, 3.63) is 48.0 Å². The summed E-state index contributed by atoms with van der Waals surface area (Å²) in [4.78, 5) is 0. The molecule has 2 nitrogen and oxygen atoms in total. The Morgan fingerprint density at radius 2 is 1.45 bits per heavy atom. The molecule has 2 rings (SSSR count). The van der Waals surface area contributed by atoms with E-state index in [4.69, 9.17) is 0 Å². The van der Waals surface area contributed by atoms with Crippen LogP contribution in [-0.4, -0.2) is 13.2 Å². The van der Waals surface area contributed by atoms with Crippen LogP contribution < -0.4 is 9.47 Å². The highest BCUT2D eigenvalue weighted by Gasteiger charge is 2.19. The Bertz CT molecular complexity index is 660. The molecule has 0 saturated carbocycles. The normalized spacial score (nSPS) is 11.1. The molecule has 118 valence electrons. The predicted molar refractivity (Wildman–Crippen MR) is 65.1 cm³/mol. The predicted octanol–water partition coefficient (Wildman–Crippen LogP) is 4.83. The summed E-state index contributed by atoms with van der Waals surface area (Å²) in [5.74, 6) is -3.13. The summed E-state index contributed by atoms with van der Waals surface area (Å²) in [6.07, 6.45) is 0. The molecule has 0 radical (unpaired) electrons. The molecule has 0 spiro atoms. The first-order chi connectivity index (χ1) is 10.4. The minimum atomic E-state index is -3.26. The van der Waals surface area contributed by atoms with Gasteiger partial charge in [-0.2, -0.15) is 17.6 Å². The van der Waals surface area contributed by atoms with Crippen LogP contribution in [0.4, 0.5) is 26.3 Å². The van der Waals surface area contributed by atoms with Crippen LogP contribution in [0.1, 0.15) is 0 Å². The van der Waals surface area contributed by atoms with Gasteiger partial charge in [0.15, 0.2) is 0 Å². The van der Waals surface area contributed by atoms with Gasteiger partial charge in [0.05, 0.1) is 5.56 Å². The highest BCUT2D eigenvalue weighted by molar-refractivity contribution is 5.72. The van der Waals surface area contributed by atoms with Crippen LogP contribution in [0.5, 0.6) is 11.5 Å². The van der Waals surface area contributed by atoms with Crippen molar-refractivity contribution in [3.63, 3.8) is 0 Å². The zero-order valence-corrected chi connectivity index (χ0v) is 10.7. The van der Waals surface area contributed by atoms with Gasteiger partial charge >= 0.3 is 13.2 Å². The molecule has 0 atom stereocenters. The minimum Gasteiger partial charge on any atom is -0.435 e. The van der Waals surface area contributed by atoms with Crippen LogP contribution in [0.3, 0.4) is 0 Å². The molecule has 2 aromatic carbocycles. The maximum atomic E-state index is 13.9. The quantitative estimate of drug-likeness (QED) is 0.734. The number of hydrogen-bond donors (Lipinski definition) is 0. The van der Waals surface area contributed by atoms with Gasteiger partial charge in [-0.25, -0.2) is 8.78 Å². The lowest BCUT2D eigenvalue weighted by Gasteiger charge is -2.13. The lowest BCUT2D eigenvalue weighted by atomic mass is 10.0. The highest BCUT2D eigenvalue weighted by atomic mass is 19.3. The van der Waals surface area contributed by atoms with Gasteiger partial charge in [-0.1, -0.05) is 6.07 Å². The molecule has 0 amide bonds. The Morgan fingerprint density at radius 3 is 2.09 bits per heavy atom. The van der Waals surface area contributed by atoms with Gasteiger partial charge in [0, 0.05) is 5.56 Å². The number of benzene rings is 2. The van der Waals surface area contributed by atoms with E-state index in [9.17, 15) is 26.3 Å². The van der Waals surface area contributed by atoms with Crippen molar-refractivity contribution >= 4 is 0 Å². The molecule has 0 unspecified atom stereocenters. The maximum absolute atomic E-state index is 13.9. The SMILES string of the molecule is Fc1ccc(OC(F)F)cc1-c1c(F)cccc1OC(F)F. The zero-order chi connectivity index (χ0) is 16.3. The lowest BCUT2D eigenvalue weighted by Crippen LogP contribution is -2.05. The van der Waals surface area contributed by atoms with E-state index in [2.05, 4.69) is 9.47 Å². The number of rotatable bonds is 5. The summed E-state index contributed by atoms with van der Waals surface area (Å²) in [5.41, 5.74) is -1.15. The highest BCUT2D eigenvalue weighted by Crippen LogP contribution is 2.37. The Morgan fingerprint density at radius 1 is 0.773 bits per heavy atom. The Balaban J connectivity index is 2.55. The molecular formula is C14H8F6O2. The first kappa shape index (κ1) is 16.0. The van der Waals surface area contributed by atoms with Gasteiger partial charge < -0.3 is 9.47 Å². The average molecular weight is 322 g/mol. The Kier molecular flexibility index (Phi) is 4.79. The molecule has 0 aliphatic rings. The van der Waals surface area contributed by atoms with Gasteiger partial charge in [0.25, 0.3) is 0 Å². The van der Waals surface area contributed by atoms with E-state index >= 15 is 0 Å². The largest absolute Gasteiger partial charge is 0.435 e. The van der Waals surface area contributed by atoms with Crippen LogP contribution >= 0.6 is 0 Å². The molecule has 0 saturated heterocycles. The maximum Gasteiger partial charge on any atom is 0.387 e. The fraction of sp³-hybridized carbons (Fsp3) is 0.143. The Labute approximate surface area is 120 Å². The third kappa shape index (κ3) is 3.63. The number of alkyl halides is 4. The summed E-state index contributed by atoms with van der Waals surface area (Å²) in [6.45, 7) is -6.43. The third-order valence-corrected chi connectivity index (χ3v) is 2.62. The van der Waals surface area contributed by atoms with E-state index in [-0.39, 0.29) is 0 Å². The van der Waals surface area contributed by atoms with E-state index in [0.717, 1.165) is 36.4 Å². The molecule has 22 heavy (non-hydrogen) atoms. The molecule has 8 heteroatoms. The summed E-state index contributed by atoms with van der Waals surface area (Å²) < 4.78 is 84.9. The zero-order valence-electron chi connectivity index (χ0n) is 10.7. The molecule has 0 N–H and O–H groups in total. The molecule has 0 aliphatic carbocycles. The van der Waals surface area contributed by atoms with E-state index in [0.29, 0.717) is 0 Å². The number of hydrogen-bond acceptors (Lipinski definition) is 2. The average Bonchev–Trinajstić information content (AvgIpc) is 2.40. The summed E-state index contributed by atoms with van der Waals surface area (Å²) >= 11 is 0. The van der Waals surface area contributed by atoms with Crippen molar-refractivity contribution in [1.29, 1.82) is 0 Å². The van der Waals surface area contributed by atoms with Gasteiger partial charge in [0.1, 0.15) is 23.1 Å². The molecular weight excluding hydrogens is 314 g/mol. The lowest BCUT2D eigenvalue weighted by molar-refractivity contribution is -0.0500. The van der Waals surface area contributed by atoms with Crippen LogP contribution in [0.25, 0.3) is 11.1 Å². The molecule has 2 aromatic rings. The fourth-order valence-corrected chi connectivity index (χ4v) is 1.83. The standard InChI is InChI=1S/C14H8F6O2/c15-9-5-4-7(21-13(17)18)6-8(9)12-10(16)2-1-3-11(12)22-14(19)20/h1-6,13-14H. The van der Waals surface area contributed by atoms with E-state index in [1.165, 1.54) is 0 Å².